The first-order valence-corrected chi connectivity index (χ1v) is 4.33. The van der Waals surface area contributed by atoms with Crippen molar-refractivity contribution in [3.05, 3.63) is 0 Å². The second-order valence-corrected chi connectivity index (χ2v) is 3.29. The molecule has 0 saturated carbocycles. The zero-order chi connectivity index (χ0) is 10.6. The van der Waals surface area contributed by atoms with Gasteiger partial charge in [-0.3, -0.25) is 15.0 Å². The van der Waals surface area contributed by atoms with Crippen LogP contribution in [0.1, 0.15) is 6.42 Å². The molecule has 0 aromatic carbocycles. The number of imide groups is 1. The molecule has 0 radical (unpaired) electrons. The van der Waals surface area contributed by atoms with Crippen molar-refractivity contribution in [1.29, 1.82) is 0 Å². The molecule has 1 atom stereocenters. The standard InChI is InChI=1S/C8H14N2O4/c1-10(2)5-13-4-3-6-7(11)9-8(12)14-6/h6H,3-5H2,1-2H3,(H,9,11,12). The van der Waals surface area contributed by atoms with Crippen molar-refractivity contribution in [2.45, 2.75) is 12.5 Å². The second-order valence-electron chi connectivity index (χ2n) is 3.29. The number of hydrogen-bond donors (Lipinski definition) is 1. The third-order valence-electron chi connectivity index (χ3n) is 1.64. The van der Waals surface area contributed by atoms with Gasteiger partial charge in [0.2, 0.25) is 0 Å². The van der Waals surface area contributed by atoms with E-state index in [-0.39, 0.29) is 5.91 Å². The molecule has 1 aliphatic heterocycles. The molecule has 1 rings (SSSR count). The van der Waals surface area contributed by atoms with Crippen LogP contribution in [0.3, 0.4) is 0 Å². The molecule has 1 aliphatic rings. The van der Waals surface area contributed by atoms with Crippen LogP contribution in [0, 0.1) is 0 Å². The molecule has 0 bridgehead atoms. The minimum absolute atomic E-state index is 0.386. The molecule has 80 valence electrons. The van der Waals surface area contributed by atoms with Crippen molar-refractivity contribution in [2.24, 2.45) is 0 Å². The zero-order valence-electron chi connectivity index (χ0n) is 8.28. The van der Waals surface area contributed by atoms with E-state index in [0.29, 0.717) is 19.8 Å². The summed E-state index contributed by atoms with van der Waals surface area (Å²) in [6.45, 7) is 0.881. The Morgan fingerprint density at radius 3 is 2.71 bits per heavy atom. The summed E-state index contributed by atoms with van der Waals surface area (Å²) < 4.78 is 9.88. The molecular formula is C8H14N2O4. The zero-order valence-corrected chi connectivity index (χ0v) is 8.28. The van der Waals surface area contributed by atoms with Gasteiger partial charge in [-0.15, -0.1) is 0 Å². The molecule has 1 heterocycles. The largest absolute Gasteiger partial charge is 0.436 e. The van der Waals surface area contributed by atoms with E-state index in [4.69, 9.17) is 4.74 Å². The Labute approximate surface area is 82.1 Å². The molecule has 1 N–H and O–H groups in total. The number of nitrogens with one attached hydrogen (secondary N) is 1. The van der Waals surface area contributed by atoms with E-state index < -0.39 is 12.2 Å². The average molecular weight is 202 g/mol. The Morgan fingerprint density at radius 2 is 2.21 bits per heavy atom. The van der Waals surface area contributed by atoms with Gasteiger partial charge < -0.3 is 9.47 Å². The third kappa shape index (κ3) is 3.31. The number of nitrogens with zero attached hydrogens (tertiary/aromatic N) is 1. The first-order valence-electron chi connectivity index (χ1n) is 4.33. The second kappa shape index (κ2) is 4.92. The summed E-state index contributed by atoms with van der Waals surface area (Å²) in [5.41, 5.74) is 0. The SMILES string of the molecule is CN(C)COCCC1OC(=O)NC1=O. The van der Waals surface area contributed by atoms with Gasteiger partial charge >= 0.3 is 6.09 Å². The van der Waals surface area contributed by atoms with Crippen LogP contribution < -0.4 is 5.32 Å². The van der Waals surface area contributed by atoms with Gasteiger partial charge in [0.25, 0.3) is 5.91 Å². The predicted molar refractivity (Wildman–Crippen MR) is 47.5 cm³/mol. The highest BCUT2D eigenvalue weighted by molar-refractivity contribution is 5.99. The van der Waals surface area contributed by atoms with Crippen LogP contribution >= 0.6 is 0 Å². The minimum atomic E-state index is -0.690. The molecule has 0 aromatic heterocycles. The van der Waals surface area contributed by atoms with Gasteiger partial charge in [-0.05, 0) is 14.1 Å². The average Bonchev–Trinajstić information content (AvgIpc) is 2.39. The summed E-state index contributed by atoms with van der Waals surface area (Å²) in [7, 11) is 3.75. The van der Waals surface area contributed by atoms with Crippen molar-refractivity contribution in [3.63, 3.8) is 0 Å². The molecule has 0 aliphatic carbocycles. The number of ether oxygens (including phenoxy) is 2. The Morgan fingerprint density at radius 1 is 1.50 bits per heavy atom. The van der Waals surface area contributed by atoms with Gasteiger partial charge in [0.05, 0.1) is 13.3 Å². The molecule has 1 unspecified atom stereocenters. The van der Waals surface area contributed by atoms with Crippen molar-refractivity contribution in [3.8, 4) is 0 Å². The maximum Gasteiger partial charge on any atom is 0.414 e. The number of alkyl carbamates (subject to hydrolysis) is 1. The van der Waals surface area contributed by atoms with Gasteiger partial charge in [0.15, 0.2) is 6.10 Å². The normalized spacial score (nSPS) is 21.2. The first-order chi connectivity index (χ1) is 6.59. The molecule has 6 nitrogen and oxygen atoms in total. The fourth-order valence-corrected chi connectivity index (χ4v) is 1.02. The summed E-state index contributed by atoms with van der Waals surface area (Å²) in [6, 6.07) is 0. The lowest BCUT2D eigenvalue weighted by Crippen LogP contribution is -2.26. The monoisotopic (exact) mass is 202 g/mol. The fraction of sp³-hybridized carbons (Fsp3) is 0.750. The summed E-state index contributed by atoms with van der Waals surface area (Å²) >= 11 is 0. The minimum Gasteiger partial charge on any atom is -0.436 e. The van der Waals surface area contributed by atoms with E-state index in [1.54, 1.807) is 0 Å². The van der Waals surface area contributed by atoms with E-state index in [9.17, 15) is 9.59 Å². The fourth-order valence-electron chi connectivity index (χ4n) is 1.02. The van der Waals surface area contributed by atoms with Gasteiger partial charge in [-0.1, -0.05) is 0 Å². The lowest BCUT2D eigenvalue weighted by molar-refractivity contribution is -0.124. The van der Waals surface area contributed by atoms with E-state index >= 15 is 0 Å². The summed E-state index contributed by atoms with van der Waals surface area (Å²) in [6.07, 6.45) is -0.969. The maximum atomic E-state index is 11.0. The number of cyclic esters (lactones) is 1. The number of carbonyl (C=O) groups is 2. The Bertz CT molecular complexity index is 229. The highest BCUT2D eigenvalue weighted by atomic mass is 16.6. The summed E-state index contributed by atoms with van der Waals surface area (Å²) in [5, 5.41) is 2.05. The highest BCUT2D eigenvalue weighted by Crippen LogP contribution is 2.06. The summed E-state index contributed by atoms with van der Waals surface area (Å²) in [5.74, 6) is -0.386. The van der Waals surface area contributed by atoms with Gasteiger partial charge in [0.1, 0.15) is 0 Å². The smallest absolute Gasteiger partial charge is 0.414 e. The van der Waals surface area contributed by atoms with Crippen LogP contribution in [0.5, 0.6) is 0 Å². The van der Waals surface area contributed by atoms with Crippen molar-refractivity contribution < 1.29 is 19.1 Å². The molecule has 0 aromatic rings. The van der Waals surface area contributed by atoms with Gasteiger partial charge in [0, 0.05) is 6.42 Å². The third-order valence-corrected chi connectivity index (χ3v) is 1.64. The lowest BCUT2D eigenvalue weighted by atomic mass is 10.2. The lowest BCUT2D eigenvalue weighted by Gasteiger charge is -2.11. The Balaban J connectivity index is 2.13. The molecule has 6 heteroatoms. The molecule has 1 saturated heterocycles. The van der Waals surface area contributed by atoms with E-state index in [0.717, 1.165) is 0 Å². The molecular weight excluding hydrogens is 188 g/mol. The van der Waals surface area contributed by atoms with Crippen LogP contribution in [0.15, 0.2) is 0 Å². The molecule has 0 spiro atoms. The van der Waals surface area contributed by atoms with Gasteiger partial charge in [-0.25, -0.2) is 4.79 Å². The van der Waals surface area contributed by atoms with E-state index in [1.807, 2.05) is 19.0 Å². The van der Waals surface area contributed by atoms with Crippen LogP contribution in [-0.2, 0) is 14.3 Å². The van der Waals surface area contributed by atoms with Crippen LogP contribution in [-0.4, -0.2) is 50.4 Å². The molecule has 1 fully saturated rings. The predicted octanol–water partition coefficient (Wildman–Crippen LogP) is -0.453. The number of hydrogen-bond acceptors (Lipinski definition) is 5. The summed E-state index contributed by atoms with van der Waals surface area (Å²) in [4.78, 5) is 23.5. The Kier molecular flexibility index (Phi) is 3.84. The maximum absolute atomic E-state index is 11.0. The van der Waals surface area contributed by atoms with E-state index in [1.165, 1.54) is 0 Å². The number of rotatable bonds is 5. The highest BCUT2D eigenvalue weighted by Gasteiger charge is 2.31. The first kappa shape index (κ1) is 10.9. The quantitative estimate of drug-likeness (QED) is 0.483. The van der Waals surface area contributed by atoms with Crippen LogP contribution in [0.25, 0.3) is 0 Å². The Hall–Kier alpha value is -1.14. The number of amides is 2. The van der Waals surface area contributed by atoms with Gasteiger partial charge in [-0.2, -0.15) is 0 Å². The molecule has 14 heavy (non-hydrogen) atoms. The topological polar surface area (TPSA) is 67.9 Å². The number of carbonyl (C=O) groups excluding carboxylic acids is 2. The van der Waals surface area contributed by atoms with Crippen LogP contribution in [0.2, 0.25) is 0 Å². The van der Waals surface area contributed by atoms with Crippen molar-refractivity contribution >= 4 is 12.0 Å². The van der Waals surface area contributed by atoms with Crippen molar-refractivity contribution in [2.75, 3.05) is 27.4 Å². The van der Waals surface area contributed by atoms with Crippen LogP contribution in [0.4, 0.5) is 4.79 Å². The van der Waals surface area contributed by atoms with E-state index in [2.05, 4.69) is 10.1 Å². The molecule has 2 amide bonds. The van der Waals surface area contributed by atoms with Crippen molar-refractivity contribution in [1.82, 2.24) is 10.2 Å².